The number of aromatic amines is 1. The van der Waals surface area contributed by atoms with Crippen molar-refractivity contribution in [1.29, 1.82) is 0 Å². The first-order valence-corrected chi connectivity index (χ1v) is 5.66. The predicted molar refractivity (Wildman–Crippen MR) is 65.0 cm³/mol. The van der Waals surface area contributed by atoms with Crippen LogP contribution >= 0.6 is 0 Å². The molecule has 0 saturated carbocycles. The second-order valence-electron chi connectivity index (χ2n) is 3.83. The molecule has 0 atom stereocenters. The van der Waals surface area contributed by atoms with Gasteiger partial charge in [0, 0.05) is 18.8 Å². The van der Waals surface area contributed by atoms with Gasteiger partial charge >= 0.3 is 0 Å². The highest BCUT2D eigenvalue weighted by Crippen LogP contribution is 2.01. The lowest BCUT2D eigenvalue weighted by molar-refractivity contribution is 0.677. The molecule has 2 rings (SSSR count). The van der Waals surface area contributed by atoms with Crippen LogP contribution in [0, 0.1) is 0 Å². The van der Waals surface area contributed by atoms with E-state index >= 15 is 0 Å². The second-order valence-corrected chi connectivity index (χ2v) is 3.83. The highest BCUT2D eigenvalue weighted by atomic mass is 15.1. The summed E-state index contributed by atoms with van der Waals surface area (Å²) >= 11 is 0. The highest BCUT2D eigenvalue weighted by Gasteiger charge is 1.98. The van der Waals surface area contributed by atoms with Crippen molar-refractivity contribution in [2.24, 2.45) is 0 Å². The number of aromatic nitrogens is 2. The third-order valence-corrected chi connectivity index (χ3v) is 2.53. The van der Waals surface area contributed by atoms with Crippen molar-refractivity contribution in [2.45, 2.75) is 26.4 Å². The number of hydrogen-bond donors (Lipinski definition) is 2. The van der Waals surface area contributed by atoms with Gasteiger partial charge in [-0.1, -0.05) is 37.3 Å². The molecule has 0 amide bonds. The smallest absolute Gasteiger partial charge is 0.0622 e. The SMILES string of the molecule is CCc1cc(CNCc2ccccc2)[nH]n1. The van der Waals surface area contributed by atoms with Crippen LogP contribution in [0.3, 0.4) is 0 Å². The Balaban J connectivity index is 1.80. The minimum Gasteiger partial charge on any atom is -0.307 e. The molecule has 0 fully saturated rings. The molecule has 0 aliphatic heterocycles. The summed E-state index contributed by atoms with van der Waals surface area (Å²) in [6.07, 6.45) is 0.981. The van der Waals surface area contributed by atoms with Gasteiger partial charge in [0.1, 0.15) is 0 Å². The number of rotatable bonds is 5. The average Bonchev–Trinajstić information content (AvgIpc) is 2.78. The molecule has 0 radical (unpaired) electrons. The number of nitrogens with one attached hydrogen (secondary N) is 2. The minimum atomic E-state index is 0.835. The van der Waals surface area contributed by atoms with E-state index in [0.29, 0.717) is 0 Å². The van der Waals surface area contributed by atoms with Crippen molar-refractivity contribution in [3.63, 3.8) is 0 Å². The van der Waals surface area contributed by atoms with Crippen LogP contribution in [0.5, 0.6) is 0 Å². The molecule has 1 heterocycles. The van der Waals surface area contributed by atoms with Crippen molar-refractivity contribution < 1.29 is 0 Å². The summed E-state index contributed by atoms with van der Waals surface area (Å²) in [5, 5.41) is 10.6. The highest BCUT2D eigenvalue weighted by molar-refractivity contribution is 5.14. The number of nitrogens with zero attached hydrogens (tertiary/aromatic N) is 1. The van der Waals surface area contributed by atoms with Crippen molar-refractivity contribution in [3.05, 3.63) is 53.3 Å². The lowest BCUT2D eigenvalue weighted by atomic mass is 10.2. The maximum Gasteiger partial charge on any atom is 0.0622 e. The average molecular weight is 215 g/mol. The van der Waals surface area contributed by atoms with Gasteiger partial charge in [-0.2, -0.15) is 5.10 Å². The van der Waals surface area contributed by atoms with Crippen LogP contribution in [-0.2, 0) is 19.5 Å². The van der Waals surface area contributed by atoms with Gasteiger partial charge in [0.15, 0.2) is 0 Å². The minimum absolute atomic E-state index is 0.835. The summed E-state index contributed by atoms with van der Waals surface area (Å²) in [6, 6.07) is 12.5. The van der Waals surface area contributed by atoms with Gasteiger partial charge in [0.05, 0.1) is 5.69 Å². The molecule has 2 N–H and O–H groups in total. The maximum atomic E-state index is 4.20. The fraction of sp³-hybridized carbons (Fsp3) is 0.308. The second kappa shape index (κ2) is 5.47. The van der Waals surface area contributed by atoms with E-state index in [1.54, 1.807) is 0 Å². The van der Waals surface area contributed by atoms with Crippen LogP contribution in [0.2, 0.25) is 0 Å². The molecule has 0 spiro atoms. The van der Waals surface area contributed by atoms with Crippen molar-refractivity contribution in [2.75, 3.05) is 0 Å². The van der Waals surface area contributed by atoms with Crippen molar-refractivity contribution in [3.8, 4) is 0 Å². The molecule has 0 bridgehead atoms. The number of H-pyrrole nitrogens is 1. The van der Waals surface area contributed by atoms with E-state index in [-0.39, 0.29) is 0 Å². The van der Waals surface area contributed by atoms with Gasteiger partial charge < -0.3 is 5.32 Å². The molecule has 16 heavy (non-hydrogen) atoms. The summed E-state index contributed by atoms with van der Waals surface area (Å²) in [7, 11) is 0. The molecule has 2 aromatic rings. The molecule has 84 valence electrons. The van der Waals surface area contributed by atoms with Crippen LogP contribution in [0.1, 0.15) is 23.9 Å². The molecule has 1 aromatic carbocycles. The zero-order valence-corrected chi connectivity index (χ0v) is 9.53. The predicted octanol–water partition coefficient (Wildman–Crippen LogP) is 2.26. The Kier molecular flexibility index (Phi) is 3.72. The fourth-order valence-electron chi connectivity index (χ4n) is 1.62. The Labute approximate surface area is 95.9 Å². The van der Waals surface area contributed by atoms with Gasteiger partial charge in [0.2, 0.25) is 0 Å². The van der Waals surface area contributed by atoms with Crippen molar-refractivity contribution >= 4 is 0 Å². The summed E-state index contributed by atoms with van der Waals surface area (Å²) in [5.74, 6) is 0. The summed E-state index contributed by atoms with van der Waals surface area (Å²) in [6.45, 7) is 3.83. The number of aryl methyl sites for hydroxylation is 1. The lowest BCUT2D eigenvalue weighted by Gasteiger charge is -2.02. The molecule has 0 aliphatic carbocycles. The first-order valence-electron chi connectivity index (χ1n) is 5.66. The van der Waals surface area contributed by atoms with Gasteiger partial charge in [-0.3, -0.25) is 5.10 Å². The third kappa shape index (κ3) is 2.94. The fourth-order valence-corrected chi connectivity index (χ4v) is 1.62. The summed E-state index contributed by atoms with van der Waals surface area (Å²) < 4.78 is 0. The van der Waals surface area contributed by atoms with E-state index in [1.807, 2.05) is 6.07 Å². The molecule has 3 nitrogen and oxygen atoms in total. The van der Waals surface area contributed by atoms with E-state index in [9.17, 15) is 0 Å². The largest absolute Gasteiger partial charge is 0.307 e. The number of benzene rings is 1. The first kappa shape index (κ1) is 10.9. The molecule has 0 unspecified atom stereocenters. The normalized spacial score (nSPS) is 10.6. The van der Waals surface area contributed by atoms with Crippen LogP contribution in [0.15, 0.2) is 36.4 Å². The summed E-state index contributed by atoms with van der Waals surface area (Å²) in [4.78, 5) is 0. The molecule has 0 aliphatic rings. The van der Waals surface area contributed by atoms with E-state index in [4.69, 9.17) is 0 Å². The van der Waals surface area contributed by atoms with Crippen LogP contribution < -0.4 is 5.32 Å². The first-order chi connectivity index (χ1) is 7.88. The molecule has 1 aromatic heterocycles. The Hall–Kier alpha value is -1.61. The lowest BCUT2D eigenvalue weighted by Crippen LogP contribution is -2.12. The molecule has 0 saturated heterocycles. The Morgan fingerprint density at radius 1 is 1.19 bits per heavy atom. The Bertz CT molecular complexity index is 420. The standard InChI is InChI=1S/C13H17N3/c1-2-12-8-13(16-15-12)10-14-9-11-6-4-3-5-7-11/h3-8,14H,2,9-10H2,1H3,(H,15,16). The molecular formula is C13H17N3. The zero-order chi connectivity index (χ0) is 11.2. The maximum absolute atomic E-state index is 4.20. The van der Waals surface area contributed by atoms with E-state index in [1.165, 1.54) is 5.56 Å². The third-order valence-electron chi connectivity index (χ3n) is 2.53. The number of hydrogen-bond acceptors (Lipinski definition) is 2. The van der Waals surface area contributed by atoms with Crippen LogP contribution in [-0.4, -0.2) is 10.2 Å². The molecule has 3 heteroatoms. The zero-order valence-electron chi connectivity index (χ0n) is 9.53. The quantitative estimate of drug-likeness (QED) is 0.803. The Morgan fingerprint density at radius 2 is 2.00 bits per heavy atom. The van der Waals surface area contributed by atoms with Crippen LogP contribution in [0.25, 0.3) is 0 Å². The van der Waals surface area contributed by atoms with Gasteiger partial charge in [-0.25, -0.2) is 0 Å². The topological polar surface area (TPSA) is 40.7 Å². The van der Waals surface area contributed by atoms with Gasteiger partial charge in [0.25, 0.3) is 0 Å². The van der Waals surface area contributed by atoms with E-state index in [2.05, 4.69) is 52.8 Å². The van der Waals surface area contributed by atoms with Crippen molar-refractivity contribution in [1.82, 2.24) is 15.5 Å². The van der Waals surface area contributed by atoms with Gasteiger partial charge in [-0.15, -0.1) is 0 Å². The van der Waals surface area contributed by atoms with E-state index in [0.717, 1.165) is 30.9 Å². The van der Waals surface area contributed by atoms with Gasteiger partial charge in [-0.05, 0) is 18.1 Å². The Morgan fingerprint density at radius 3 is 2.69 bits per heavy atom. The monoisotopic (exact) mass is 215 g/mol. The molecular weight excluding hydrogens is 198 g/mol. The summed E-state index contributed by atoms with van der Waals surface area (Å²) in [5.41, 5.74) is 3.57. The van der Waals surface area contributed by atoms with E-state index < -0.39 is 0 Å². The van der Waals surface area contributed by atoms with Crippen LogP contribution in [0.4, 0.5) is 0 Å².